The van der Waals surface area contributed by atoms with Crippen LogP contribution in [0.4, 0.5) is 18.9 Å². The van der Waals surface area contributed by atoms with Gasteiger partial charge in [-0.2, -0.15) is 0 Å². The van der Waals surface area contributed by atoms with Crippen LogP contribution in [0, 0.1) is 0 Å². The molecule has 0 heterocycles. The van der Waals surface area contributed by atoms with Gasteiger partial charge in [0.1, 0.15) is 5.75 Å². The van der Waals surface area contributed by atoms with Gasteiger partial charge >= 0.3 is 12.3 Å². The molecule has 140 valence electrons. The number of anilines is 1. The lowest BCUT2D eigenvalue weighted by molar-refractivity contribution is -0.274. The van der Waals surface area contributed by atoms with Gasteiger partial charge in [-0.25, -0.2) is 4.79 Å². The second-order valence-electron chi connectivity index (χ2n) is 4.61. The Balaban J connectivity index is 0.000000463. The van der Waals surface area contributed by atoms with E-state index in [-0.39, 0.29) is 11.3 Å². The minimum Gasteiger partial charge on any atom is -0.462 e. The molecule has 5 nitrogen and oxygen atoms in total. The quantitative estimate of drug-likeness (QED) is 0.260. The maximum atomic E-state index is 11.7. The third kappa shape index (κ3) is 10.8. The average molecular weight is 361 g/mol. The van der Waals surface area contributed by atoms with Crippen LogP contribution in [0.5, 0.6) is 5.75 Å². The molecule has 0 unspecified atom stereocenters. The van der Waals surface area contributed by atoms with Crippen LogP contribution >= 0.6 is 0 Å². The third-order valence-electron chi connectivity index (χ3n) is 2.67. The fourth-order valence-electron chi connectivity index (χ4n) is 1.52. The van der Waals surface area contributed by atoms with Crippen molar-refractivity contribution in [3.05, 3.63) is 35.9 Å². The number of benzene rings is 1. The van der Waals surface area contributed by atoms with Crippen molar-refractivity contribution in [1.82, 2.24) is 0 Å². The van der Waals surface area contributed by atoms with E-state index in [1.807, 2.05) is 6.92 Å². The van der Waals surface area contributed by atoms with E-state index < -0.39 is 12.3 Å². The molecule has 1 N–H and O–H groups in total. The fourth-order valence-corrected chi connectivity index (χ4v) is 1.52. The number of alkyl halides is 3. The summed E-state index contributed by atoms with van der Waals surface area (Å²) in [6, 6.07) is 5.50. The van der Waals surface area contributed by atoms with Gasteiger partial charge in [-0.05, 0) is 37.6 Å². The van der Waals surface area contributed by atoms with Gasteiger partial charge in [0.25, 0.3) is 0 Å². The summed E-state index contributed by atoms with van der Waals surface area (Å²) in [6.07, 6.45) is -0.844. The number of ether oxygens (including phenoxy) is 2. The van der Waals surface area contributed by atoms with Crippen molar-refractivity contribution in [1.29, 1.82) is 0 Å². The predicted molar refractivity (Wildman–Crippen MR) is 88.4 cm³/mol. The molecule has 0 saturated heterocycles. The van der Waals surface area contributed by atoms with Crippen LogP contribution in [0.3, 0.4) is 0 Å². The van der Waals surface area contributed by atoms with Gasteiger partial charge in [-0.1, -0.05) is 19.4 Å². The maximum Gasteiger partial charge on any atom is 0.573 e. The number of unbranched alkanes of at least 4 members (excludes halogenated alkanes) is 1. The van der Waals surface area contributed by atoms with Crippen LogP contribution in [0.25, 0.3) is 0 Å². The van der Waals surface area contributed by atoms with E-state index in [0.717, 1.165) is 18.5 Å². The fraction of sp³-hybridized carbons (Fsp3) is 0.412. The topological polar surface area (TPSA) is 64.6 Å². The Labute approximate surface area is 144 Å². The van der Waals surface area contributed by atoms with Gasteiger partial charge in [-0.3, -0.25) is 4.79 Å². The molecule has 0 aliphatic rings. The number of carbonyl (C=O) groups is 2. The number of hydrogen-bond acceptors (Lipinski definition) is 5. The molecule has 8 heteroatoms. The summed E-state index contributed by atoms with van der Waals surface area (Å²) < 4.78 is 43.4. The molecule has 0 spiro atoms. The first kappa shape index (κ1) is 22.5. The zero-order chi connectivity index (χ0) is 19.3. The van der Waals surface area contributed by atoms with Crippen molar-refractivity contribution in [2.75, 3.05) is 19.0 Å². The van der Waals surface area contributed by atoms with Crippen molar-refractivity contribution in [2.24, 2.45) is 0 Å². The predicted octanol–water partition coefficient (Wildman–Crippen LogP) is 4.10. The Hall–Kier alpha value is -2.51. The van der Waals surface area contributed by atoms with Gasteiger partial charge in [0.15, 0.2) is 6.29 Å². The second-order valence-corrected chi connectivity index (χ2v) is 4.61. The van der Waals surface area contributed by atoms with Crippen molar-refractivity contribution in [2.45, 2.75) is 33.1 Å². The molecule has 0 saturated carbocycles. The average Bonchev–Trinajstić information content (AvgIpc) is 2.56. The highest BCUT2D eigenvalue weighted by atomic mass is 19.4. The van der Waals surface area contributed by atoms with Crippen molar-refractivity contribution in [3.63, 3.8) is 0 Å². The van der Waals surface area contributed by atoms with Crippen LogP contribution in [0.15, 0.2) is 35.9 Å². The van der Waals surface area contributed by atoms with Gasteiger partial charge in [0.2, 0.25) is 0 Å². The highest BCUT2D eigenvalue weighted by Crippen LogP contribution is 2.23. The number of allylic oxidation sites excluding steroid dienone is 1. The summed E-state index contributed by atoms with van der Waals surface area (Å²) in [6.45, 7) is 3.99. The third-order valence-corrected chi connectivity index (χ3v) is 2.67. The number of esters is 1. The van der Waals surface area contributed by atoms with Crippen LogP contribution in [-0.4, -0.2) is 32.3 Å². The summed E-state index contributed by atoms with van der Waals surface area (Å²) in [7, 11) is 1.68. The molecular weight excluding hydrogens is 339 g/mol. The van der Waals surface area contributed by atoms with Crippen LogP contribution in [0.1, 0.15) is 26.7 Å². The zero-order valence-corrected chi connectivity index (χ0v) is 14.4. The van der Waals surface area contributed by atoms with E-state index in [2.05, 4.69) is 14.8 Å². The van der Waals surface area contributed by atoms with Gasteiger partial charge < -0.3 is 14.8 Å². The molecule has 25 heavy (non-hydrogen) atoms. The van der Waals surface area contributed by atoms with Crippen molar-refractivity contribution >= 4 is 17.9 Å². The Morgan fingerprint density at radius 1 is 1.20 bits per heavy atom. The van der Waals surface area contributed by atoms with E-state index in [9.17, 15) is 22.8 Å². The molecule has 0 amide bonds. The molecule has 0 bridgehead atoms. The first-order chi connectivity index (χ1) is 11.8. The highest BCUT2D eigenvalue weighted by molar-refractivity contribution is 6.07. The number of nitrogens with one attached hydrogen (secondary N) is 1. The second kappa shape index (κ2) is 11.9. The number of rotatable bonds is 7. The first-order valence-corrected chi connectivity index (χ1v) is 7.63. The van der Waals surface area contributed by atoms with Gasteiger partial charge in [0.05, 0.1) is 12.2 Å². The summed E-state index contributed by atoms with van der Waals surface area (Å²) in [4.78, 5) is 21.3. The Morgan fingerprint density at radius 3 is 2.20 bits per heavy atom. The molecule has 0 aromatic heterocycles. The van der Waals surface area contributed by atoms with Crippen LogP contribution in [0.2, 0.25) is 0 Å². The standard InChI is InChI=1S/C9H14O3.C8H8F3NO/c1-3-5-6-8(7-10)9(11)12-4-2;1-12-6-2-4-7(5-3-6)13-8(9,10)11/h6-7H,3-5H2,1-2H3;2-5,12H,1H3/b8-6-;. The minimum absolute atomic E-state index is 0.124. The van der Waals surface area contributed by atoms with Crippen molar-refractivity contribution in [3.8, 4) is 5.75 Å². The molecule has 0 aliphatic heterocycles. The van der Waals surface area contributed by atoms with E-state index in [4.69, 9.17) is 0 Å². The number of hydrogen-bond donors (Lipinski definition) is 1. The zero-order valence-electron chi connectivity index (χ0n) is 14.4. The van der Waals surface area contributed by atoms with Gasteiger partial charge in [0, 0.05) is 12.7 Å². The maximum absolute atomic E-state index is 11.7. The van der Waals surface area contributed by atoms with E-state index in [1.54, 1.807) is 20.0 Å². The molecule has 1 aromatic rings. The molecule has 0 atom stereocenters. The lowest BCUT2D eigenvalue weighted by Crippen LogP contribution is -2.16. The van der Waals surface area contributed by atoms with E-state index >= 15 is 0 Å². The normalized spacial score (nSPS) is 11.0. The highest BCUT2D eigenvalue weighted by Gasteiger charge is 2.30. The summed E-state index contributed by atoms with van der Waals surface area (Å²) in [5.41, 5.74) is 0.855. The molecule has 0 aliphatic carbocycles. The molecule has 0 fully saturated rings. The van der Waals surface area contributed by atoms with Gasteiger partial charge in [-0.15, -0.1) is 13.2 Å². The van der Waals surface area contributed by atoms with Crippen molar-refractivity contribution < 1.29 is 32.2 Å². The summed E-state index contributed by atoms with van der Waals surface area (Å²) >= 11 is 0. The molecule has 1 aromatic carbocycles. The minimum atomic E-state index is -4.62. The summed E-state index contributed by atoms with van der Waals surface area (Å²) in [5.74, 6) is -0.743. The lowest BCUT2D eigenvalue weighted by Gasteiger charge is -2.08. The Bertz CT molecular complexity index is 554. The smallest absolute Gasteiger partial charge is 0.462 e. The lowest BCUT2D eigenvalue weighted by atomic mass is 10.2. The molecular formula is C17H22F3NO4. The molecule has 0 radical (unpaired) electrons. The number of carbonyl (C=O) groups excluding carboxylic acids is 2. The van der Waals surface area contributed by atoms with E-state index in [1.165, 1.54) is 24.3 Å². The van der Waals surface area contributed by atoms with Crippen LogP contribution < -0.4 is 10.1 Å². The Kier molecular flexibility index (Phi) is 10.7. The number of aldehydes is 1. The monoisotopic (exact) mass is 361 g/mol. The van der Waals surface area contributed by atoms with Crippen LogP contribution in [-0.2, 0) is 14.3 Å². The van der Waals surface area contributed by atoms with E-state index in [0.29, 0.717) is 12.9 Å². The first-order valence-electron chi connectivity index (χ1n) is 7.63. The SMILES string of the molecule is CCC/C=C(/C=O)C(=O)OCC.CNc1ccc(OC(F)(F)F)cc1. The number of halogens is 3. The molecule has 1 rings (SSSR count). The summed E-state index contributed by atoms with van der Waals surface area (Å²) in [5, 5.41) is 2.78. The largest absolute Gasteiger partial charge is 0.573 e. The Morgan fingerprint density at radius 2 is 1.80 bits per heavy atom.